The van der Waals surface area contributed by atoms with Gasteiger partial charge in [-0.1, -0.05) is 42.5 Å². The molecule has 44 heavy (non-hydrogen) atoms. The zero-order valence-corrected chi connectivity index (χ0v) is 24.6. The van der Waals surface area contributed by atoms with Gasteiger partial charge in [0.2, 0.25) is 11.6 Å². The number of H-pyrrole nitrogens is 1. The number of β-amino-alcohol motifs (C(OH)–C–C–N with tert-alkyl or cyclic N) is 1. The highest BCUT2D eigenvalue weighted by Gasteiger charge is 2.70. The highest BCUT2D eigenvalue weighted by Crippen LogP contribution is 2.46. The second kappa shape index (κ2) is 9.24. The van der Waals surface area contributed by atoms with Crippen LogP contribution in [0.3, 0.4) is 0 Å². The Morgan fingerprint density at radius 1 is 1.14 bits per heavy atom. The van der Waals surface area contributed by atoms with E-state index in [1.165, 1.54) is 12.5 Å². The van der Waals surface area contributed by atoms with Crippen molar-refractivity contribution in [2.45, 2.75) is 68.0 Å². The Bertz CT molecular complexity index is 1760. The van der Waals surface area contributed by atoms with Crippen molar-refractivity contribution in [3.05, 3.63) is 77.5 Å². The predicted octanol–water partition coefficient (Wildman–Crippen LogP) is 1.11. The van der Waals surface area contributed by atoms with Crippen molar-refractivity contribution in [1.29, 1.82) is 0 Å². The van der Waals surface area contributed by atoms with E-state index in [4.69, 9.17) is 4.74 Å². The summed E-state index contributed by atoms with van der Waals surface area (Å²) in [6.07, 6.45) is 5.62. The Hall–Kier alpha value is -4.03. The number of hydrogen-bond donors (Lipinski definition) is 4. The van der Waals surface area contributed by atoms with E-state index in [2.05, 4.69) is 10.3 Å². The fraction of sp³-hybridized carbons (Fsp3) is 0.424. The van der Waals surface area contributed by atoms with Crippen LogP contribution in [-0.4, -0.2) is 103 Å². The number of nitrogens with zero attached hydrogens (tertiary/aromatic N) is 3. The minimum Gasteiger partial charge on any atom is -0.375 e. The first-order chi connectivity index (χ1) is 21.0. The Morgan fingerprint density at radius 3 is 2.73 bits per heavy atom. The lowest BCUT2D eigenvalue weighted by Crippen LogP contribution is -2.71. The van der Waals surface area contributed by atoms with E-state index in [0.29, 0.717) is 19.4 Å². The SMILES string of the molecule is CN1CC(O)(C(=O)NC2(C)OC3(O)C4CCCN4C(=O)C(Cc4ccccc4)N3C2=O)C=C2c3cccc4[nH]cc(c34)CC21. The van der Waals surface area contributed by atoms with Gasteiger partial charge in [0.15, 0.2) is 5.60 Å². The Kier molecular flexibility index (Phi) is 5.78. The molecule has 1 aliphatic carbocycles. The van der Waals surface area contributed by atoms with E-state index >= 15 is 0 Å². The van der Waals surface area contributed by atoms with Gasteiger partial charge in [0.1, 0.15) is 12.1 Å². The van der Waals surface area contributed by atoms with Gasteiger partial charge in [-0.05, 0) is 67.6 Å². The zero-order valence-electron chi connectivity index (χ0n) is 24.6. The lowest BCUT2D eigenvalue weighted by molar-refractivity contribution is -0.315. The normalized spacial score (nSPS) is 34.5. The first kappa shape index (κ1) is 27.5. The number of ether oxygens (including phenoxy) is 1. The number of aliphatic hydroxyl groups is 2. The second-order valence-electron chi connectivity index (χ2n) is 13.0. The van der Waals surface area contributed by atoms with Crippen molar-refractivity contribution < 1.29 is 29.3 Å². The summed E-state index contributed by atoms with van der Waals surface area (Å²) in [5.41, 5.74) is 0.761. The van der Waals surface area contributed by atoms with Crippen LogP contribution in [0.25, 0.3) is 16.5 Å². The van der Waals surface area contributed by atoms with E-state index in [1.54, 1.807) is 11.0 Å². The topological polar surface area (TPSA) is 138 Å². The number of fused-ring (bicyclic) bond motifs is 5. The molecule has 5 heterocycles. The van der Waals surface area contributed by atoms with Gasteiger partial charge < -0.3 is 25.4 Å². The van der Waals surface area contributed by atoms with E-state index in [0.717, 1.165) is 38.9 Å². The van der Waals surface area contributed by atoms with Crippen molar-refractivity contribution in [3.63, 3.8) is 0 Å². The maximum atomic E-state index is 14.2. The quantitative estimate of drug-likeness (QED) is 0.354. The number of amides is 3. The number of aromatic amines is 1. The van der Waals surface area contributed by atoms with Crippen LogP contribution < -0.4 is 5.32 Å². The molecule has 0 spiro atoms. The van der Waals surface area contributed by atoms with Gasteiger partial charge in [-0.3, -0.25) is 28.9 Å². The molecule has 3 saturated heterocycles. The first-order valence-electron chi connectivity index (χ1n) is 15.2. The fourth-order valence-corrected chi connectivity index (χ4v) is 8.16. The average Bonchev–Trinajstić information content (AvgIpc) is 3.70. The molecule has 2 aromatic carbocycles. The number of aromatic nitrogens is 1. The van der Waals surface area contributed by atoms with E-state index in [9.17, 15) is 24.6 Å². The molecule has 1 aromatic heterocycles. The van der Waals surface area contributed by atoms with Gasteiger partial charge >= 0.3 is 0 Å². The predicted molar refractivity (Wildman–Crippen MR) is 159 cm³/mol. The molecule has 228 valence electrons. The highest BCUT2D eigenvalue weighted by atomic mass is 16.7. The lowest BCUT2D eigenvalue weighted by atomic mass is 9.78. The standard InChI is InChI=1S/C33H35N5O6/c1-31(30(41)38-25(14-19-8-4-3-5-9-19)28(39)37-13-7-12-26(37)33(38,43)44-31)35-29(40)32(42)16-22-21-10-6-11-23-27(21)20(17-34-23)15-24(22)36(2)18-32/h3-6,8-11,16-17,24-26,34,42-43H,7,12-15,18H2,1-2H3,(H,35,40). The minimum atomic E-state index is -2.14. The number of piperazine rings is 1. The van der Waals surface area contributed by atoms with Gasteiger partial charge in [0.25, 0.3) is 17.7 Å². The van der Waals surface area contributed by atoms with Crippen LogP contribution in [0.5, 0.6) is 0 Å². The van der Waals surface area contributed by atoms with E-state index in [1.807, 2.05) is 66.7 Å². The average molecular weight is 598 g/mol. The number of carbonyl (C=O) groups is 3. The third-order valence-electron chi connectivity index (χ3n) is 10.2. The molecule has 5 aliphatic rings. The number of carbonyl (C=O) groups excluding carboxylic acids is 3. The third-order valence-corrected chi connectivity index (χ3v) is 10.2. The van der Waals surface area contributed by atoms with Gasteiger partial charge in [0.05, 0.1) is 0 Å². The summed E-state index contributed by atoms with van der Waals surface area (Å²) in [4.78, 5) is 49.9. The number of hydrogen-bond acceptors (Lipinski definition) is 7. The molecule has 4 N–H and O–H groups in total. The molecule has 3 amide bonds. The summed E-state index contributed by atoms with van der Waals surface area (Å²) in [5, 5.41) is 27.7. The Labute approximate surface area is 254 Å². The monoisotopic (exact) mass is 597 g/mol. The van der Waals surface area contributed by atoms with Crippen molar-refractivity contribution in [2.75, 3.05) is 20.1 Å². The smallest absolute Gasteiger partial charge is 0.280 e. The van der Waals surface area contributed by atoms with Crippen molar-refractivity contribution >= 4 is 34.2 Å². The molecule has 11 nitrogen and oxygen atoms in total. The van der Waals surface area contributed by atoms with Crippen LogP contribution in [0.1, 0.15) is 36.5 Å². The minimum absolute atomic E-state index is 0.00743. The molecule has 0 bridgehead atoms. The summed E-state index contributed by atoms with van der Waals surface area (Å²) >= 11 is 0. The third kappa shape index (κ3) is 3.73. The van der Waals surface area contributed by atoms with Gasteiger partial charge in [-0.2, -0.15) is 0 Å². The van der Waals surface area contributed by atoms with Crippen molar-refractivity contribution in [3.8, 4) is 0 Å². The molecule has 0 radical (unpaired) electrons. The van der Waals surface area contributed by atoms with E-state index < -0.39 is 41.1 Å². The molecule has 11 heteroatoms. The maximum absolute atomic E-state index is 14.2. The van der Waals surface area contributed by atoms with Crippen LogP contribution in [-0.2, 0) is 32.0 Å². The highest BCUT2D eigenvalue weighted by molar-refractivity contribution is 6.02. The second-order valence-corrected chi connectivity index (χ2v) is 13.0. The molecular formula is C33H35N5O6. The molecule has 6 atom stereocenters. The van der Waals surface area contributed by atoms with Gasteiger partial charge in [-0.25, -0.2) is 0 Å². The van der Waals surface area contributed by atoms with Crippen LogP contribution in [0.15, 0.2) is 60.8 Å². The molecule has 6 unspecified atom stereocenters. The van der Waals surface area contributed by atoms with Crippen LogP contribution in [0, 0.1) is 0 Å². The van der Waals surface area contributed by atoms with E-state index in [-0.39, 0.29) is 24.9 Å². The molecule has 0 saturated carbocycles. The summed E-state index contributed by atoms with van der Waals surface area (Å²) < 4.78 is 6.16. The number of benzene rings is 2. The number of likely N-dealkylation sites (N-methyl/N-ethyl adjacent to an activating group) is 1. The number of nitrogens with one attached hydrogen (secondary N) is 2. The maximum Gasteiger partial charge on any atom is 0.280 e. The molecule has 4 aliphatic heterocycles. The molecule has 3 fully saturated rings. The Balaban J connectivity index is 1.14. The van der Waals surface area contributed by atoms with Gasteiger partial charge in [0, 0.05) is 42.7 Å². The largest absolute Gasteiger partial charge is 0.375 e. The molecule has 3 aromatic rings. The first-order valence-corrected chi connectivity index (χ1v) is 15.2. The number of rotatable bonds is 4. The van der Waals surface area contributed by atoms with Crippen LogP contribution >= 0.6 is 0 Å². The van der Waals surface area contributed by atoms with Crippen molar-refractivity contribution in [2.24, 2.45) is 0 Å². The van der Waals surface area contributed by atoms with Gasteiger partial charge in [-0.15, -0.1) is 0 Å². The molecular weight excluding hydrogens is 562 g/mol. The Morgan fingerprint density at radius 2 is 1.93 bits per heavy atom. The zero-order chi connectivity index (χ0) is 30.6. The van der Waals surface area contributed by atoms with Crippen LogP contribution in [0.4, 0.5) is 0 Å². The summed E-state index contributed by atoms with van der Waals surface area (Å²) in [5.74, 6) is -3.95. The molecule has 8 rings (SSSR count). The lowest BCUT2D eigenvalue weighted by Gasteiger charge is -2.48. The summed E-state index contributed by atoms with van der Waals surface area (Å²) in [6, 6.07) is 13.4. The summed E-state index contributed by atoms with van der Waals surface area (Å²) in [6.45, 7) is 1.82. The fourth-order valence-electron chi connectivity index (χ4n) is 8.16. The summed E-state index contributed by atoms with van der Waals surface area (Å²) in [7, 11) is 1.87. The van der Waals surface area contributed by atoms with Crippen molar-refractivity contribution in [1.82, 2.24) is 25.0 Å². The van der Waals surface area contributed by atoms with Crippen LogP contribution in [0.2, 0.25) is 0 Å².